The van der Waals surface area contributed by atoms with Crippen molar-refractivity contribution in [2.75, 3.05) is 5.32 Å². The lowest BCUT2D eigenvalue weighted by Gasteiger charge is -2.10. The van der Waals surface area contributed by atoms with Crippen LogP contribution in [0.4, 0.5) is 11.4 Å². The summed E-state index contributed by atoms with van der Waals surface area (Å²) in [5, 5.41) is 17.8. The molecule has 2 aromatic rings. The molecule has 110 valence electrons. The van der Waals surface area contributed by atoms with Crippen LogP contribution >= 0.6 is 0 Å². The third-order valence-corrected chi connectivity index (χ3v) is 3.44. The van der Waals surface area contributed by atoms with Gasteiger partial charge in [0.2, 0.25) is 5.69 Å². The molecule has 0 saturated carbocycles. The monoisotopic (exact) mass is 288 g/mol. The van der Waals surface area contributed by atoms with E-state index in [0.717, 1.165) is 11.1 Å². The predicted molar refractivity (Wildman–Crippen MR) is 78.5 cm³/mol. The van der Waals surface area contributed by atoms with E-state index in [2.05, 4.69) is 10.4 Å². The Hall–Kier alpha value is -2.70. The highest BCUT2D eigenvalue weighted by atomic mass is 16.6. The highest BCUT2D eigenvalue weighted by Crippen LogP contribution is 2.24. The van der Waals surface area contributed by atoms with Gasteiger partial charge in [0.1, 0.15) is 5.69 Å². The first kappa shape index (κ1) is 14.7. The van der Waals surface area contributed by atoms with Crippen LogP contribution in [-0.4, -0.2) is 20.6 Å². The number of aryl methyl sites for hydroxylation is 3. The van der Waals surface area contributed by atoms with Crippen molar-refractivity contribution in [2.24, 2.45) is 7.05 Å². The Kier molecular flexibility index (Phi) is 3.75. The number of rotatable bonds is 3. The molecule has 0 fully saturated rings. The molecule has 1 amide bonds. The fourth-order valence-corrected chi connectivity index (χ4v) is 2.19. The van der Waals surface area contributed by atoms with Gasteiger partial charge in [-0.3, -0.25) is 19.6 Å². The zero-order valence-corrected chi connectivity index (χ0v) is 12.3. The van der Waals surface area contributed by atoms with Gasteiger partial charge in [-0.25, -0.2) is 0 Å². The molecule has 0 spiro atoms. The topological polar surface area (TPSA) is 90.1 Å². The first-order valence-electron chi connectivity index (χ1n) is 6.38. The van der Waals surface area contributed by atoms with Gasteiger partial charge in [0, 0.05) is 12.7 Å². The number of nitrogens with one attached hydrogen (secondary N) is 1. The van der Waals surface area contributed by atoms with E-state index in [4.69, 9.17) is 0 Å². The summed E-state index contributed by atoms with van der Waals surface area (Å²) in [6, 6.07) is 5.51. The minimum absolute atomic E-state index is 0.0570. The number of amides is 1. The van der Waals surface area contributed by atoms with Crippen molar-refractivity contribution < 1.29 is 9.72 Å². The second-order valence-electron chi connectivity index (χ2n) is 4.86. The minimum Gasteiger partial charge on any atom is -0.320 e. The summed E-state index contributed by atoms with van der Waals surface area (Å²) in [5.74, 6) is -0.543. The third-order valence-electron chi connectivity index (χ3n) is 3.44. The van der Waals surface area contributed by atoms with Crippen LogP contribution in [0, 0.1) is 30.9 Å². The Morgan fingerprint density at radius 3 is 2.62 bits per heavy atom. The number of carbonyl (C=O) groups excluding carboxylic acids is 1. The summed E-state index contributed by atoms with van der Waals surface area (Å²) in [4.78, 5) is 22.9. The average Bonchev–Trinajstić information content (AvgIpc) is 2.70. The molecule has 0 atom stereocenters. The van der Waals surface area contributed by atoms with E-state index in [-0.39, 0.29) is 17.1 Å². The number of anilines is 1. The van der Waals surface area contributed by atoms with Gasteiger partial charge in [0.25, 0.3) is 5.91 Å². The van der Waals surface area contributed by atoms with Crippen LogP contribution in [0.5, 0.6) is 0 Å². The summed E-state index contributed by atoms with van der Waals surface area (Å²) in [6.45, 7) is 5.32. The number of nitrogens with zero attached hydrogens (tertiary/aromatic N) is 3. The lowest BCUT2D eigenvalue weighted by Crippen LogP contribution is -2.18. The van der Waals surface area contributed by atoms with Gasteiger partial charge in [-0.2, -0.15) is 5.10 Å². The SMILES string of the molecule is Cc1cccc(NC(=O)c2c([N+](=O)[O-])c(C)nn2C)c1C. The maximum atomic E-state index is 12.4. The van der Waals surface area contributed by atoms with E-state index in [1.165, 1.54) is 18.7 Å². The number of benzene rings is 1. The zero-order chi connectivity index (χ0) is 15.7. The molecule has 0 saturated heterocycles. The van der Waals surface area contributed by atoms with Crippen molar-refractivity contribution in [3.8, 4) is 0 Å². The molecule has 7 nitrogen and oxygen atoms in total. The van der Waals surface area contributed by atoms with Crippen LogP contribution in [0.25, 0.3) is 0 Å². The van der Waals surface area contributed by atoms with E-state index in [0.29, 0.717) is 5.69 Å². The van der Waals surface area contributed by atoms with Crippen molar-refractivity contribution in [1.82, 2.24) is 9.78 Å². The molecule has 21 heavy (non-hydrogen) atoms. The minimum atomic E-state index is -0.583. The van der Waals surface area contributed by atoms with Crippen LogP contribution in [0.15, 0.2) is 18.2 Å². The standard InChI is InChI=1S/C14H16N4O3/c1-8-6-5-7-11(9(8)2)15-14(19)13-12(18(20)21)10(3)16-17(13)4/h5-7H,1-4H3,(H,15,19). The first-order chi connectivity index (χ1) is 9.82. The van der Waals surface area contributed by atoms with Gasteiger partial charge in [-0.15, -0.1) is 0 Å². The lowest BCUT2D eigenvalue weighted by atomic mass is 10.1. The van der Waals surface area contributed by atoms with E-state index in [9.17, 15) is 14.9 Å². The highest BCUT2D eigenvalue weighted by molar-refractivity contribution is 6.06. The maximum Gasteiger partial charge on any atom is 0.322 e. The van der Waals surface area contributed by atoms with E-state index in [1.807, 2.05) is 26.0 Å². The molecule has 0 aliphatic carbocycles. The number of hydrogen-bond acceptors (Lipinski definition) is 4. The van der Waals surface area contributed by atoms with Crippen molar-refractivity contribution in [3.05, 3.63) is 50.8 Å². The van der Waals surface area contributed by atoms with Gasteiger partial charge in [0.15, 0.2) is 0 Å². The molecule has 0 radical (unpaired) electrons. The zero-order valence-electron chi connectivity index (χ0n) is 12.3. The molecule has 7 heteroatoms. The van der Waals surface area contributed by atoms with E-state index >= 15 is 0 Å². The number of carbonyl (C=O) groups is 1. The molecular formula is C14H16N4O3. The molecule has 0 unspecified atom stereocenters. The molecule has 1 heterocycles. The van der Waals surface area contributed by atoms with Crippen LogP contribution < -0.4 is 5.32 Å². The smallest absolute Gasteiger partial charge is 0.320 e. The summed E-state index contributed by atoms with van der Waals surface area (Å²) >= 11 is 0. The Bertz CT molecular complexity index is 734. The fourth-order valence-electron chi connectivity index (χ4n) is 2.19. The number of nitro groups is 1. The average molecular weight is 288 g/mol. The Balaban J connectivity index is 2.42. The maximum absolute atomic E-state index is 12.4. The van der Waals surface area contributed by atoms with Crippen LogP contribution in [0.2, 0.25) is 0 Å². The number of hydrogen-bond donors (Lipinski definition) is 1. The molecule has 2 rings (SSSR count). The predicted octanol–water partition coefficient (Wildman–Crippen LogP) is 2.51. The Labute approximate surface area is 121 Å². The molecular weight excluding hydrogens is 272 g/mol. The van der Waals surface area contributed by atoms with Crippen molar-refractivity contribution in [2.45, 2.75) is 20.8 Å². The Morgan fingerprint density at radius 1 is 1.33 bits per heavy atom. The quantitative estimate of drug-likeness (QED) is 0.694. The van der Waals surface area contributed by atoms with Crippen LogP contribution in [-0.2, 0) is 7.05 Å². The summed E-state index contributed by atoms with van der Waals surface area (Å²) < 4.78 is 1.23. The van der Waals surface area contributed by atoms with Gasteiger partial charge in [-0.05, 0) is 38.0 Å². The normalized spacial score (nSPS) is 10.5. The van der Waals surface area contributed by atoms with E-state index in [1.54, 1.807) is 6.07 Å². The summed E-state index contributed by atoms with van der Waals surface area (Å²) in [7, 11) is 1.51. The van der Waals surface area contributed by atoms with Crippen molar-refractivity contribution >= 4 is 17.3 Å². The largest absolute Gasteiger partial charge is 0.322 e. The molecule has 0 bridgehead atoms. The van der Waals surface area contributed by atoms with Crippen molar-refractivity contribution in [3.63, 3.8) is 0 Å². The second-order valence-corrected chi connectivity index (χ2v) is 4.86. The van der Waals surface area contributed by atoms with Crippen LogP contribution in [0.3, 0.4) is 0 Å². The van der Waals surface area contributed by atoms with Gasteiger partial charge >= 0.3 is 5.69 Å². The number of aromatic nitrogens is 2. The van der Waals surface area contributed by atoms with E-state index < -0.39 is 10.8 Å². The van der Waals surface area contributed by atoms with Gasteiger partial charge in [-0.1, -0.05) is 12.1 Å². The second kappa shape index (κ2) is 5.35. The molecule has 0 aliphatic heterocycles. The van der Waals surface area contributed by atoms with Gasteiger partial charge in [0.05, 0.1) is 4.92 Å². The molecule has 1 aromatic heterocycles. The Morgan fingerprint density at radius 2 is 2.00 bits per heavy atom. The molecule has 1 N–H and O–H groups in total. The summed E-state index contributed by atoms with van der Waals surface area (Å²) in [6.07, 6.45) is 0. The van der Waals surface area contributed by atoms with Crippen LogP contribution in [0.1, 0.15) is 27.3 Å². The van der Waals surface area contributed by atoms with Gasteiger partial charge < -0.3 is 5.32 Å². The third kappa shape index (κ3) is 2.62. The van der Waals surface area contributed by atoms with Crippen molar-refractivity contribution in [1.29, 1.82) is 0 Å². The fraction of sp³-hybridized carbons (Fsp3) is 0.286. The molecule has 1 aromatic carbocycles. The lowest BCUT2D eigenvalue weighted by molar-refractivity contribution is -0.385. The summed E-state index contributed by atoms with van der Waals surface area (Å²) in [5.41, 5.74) is 2.48. The first-order valence-corrected chi connectivity index (χ1v) is 6.38. The molecule has 0 aliphatic rings. The highest BCUT2D eigenvalue weighted by Gasteiger charge is 2.29.